The maximum absolute atomic E-state index is 5.71. The first-order chi connectivity index (χ1) is 6.93. The molecule has 76 valence electrons. The second kappa shape index (κ2) is 3.39. The van der Waals surface area contributed by atoms with Crippen LogP contribution < -0.4 is 0 Å². The summed E-state index contributed by atoms with van der Waals surface area (Å²) in [4.78, 5) is 4.31. The van der Waals surface area contributed by atoms with Crippen LogP contribution in [0.25, 0.3) is 0 Å². The summed E-state index contributed by atoms with van der Waals surface area (Å²) in [5.74, 6) is 2.47. The zero-order valence-corrected chi connectivity index (χ0v) is 8.24. The first-order valence-electron chi connectivity index (χ1n) is 5.51. The average molecular weight is 193 g/mol. The van der Waals surface area contributed by atoms with Crippen LogP contribution in [0.2, 0.25) is 0 Å². The SMILES string of the molecule is c1nc(C2CC2)oc1C1CCCCO1. The van der Waals surface area contributed by atoms with E-state index in [0.717, 1.165) is 24.7 Å². The molecule has 1 aromatic rings. The summed E-state index contributed by atoms with van der Waals surface area (Å²) in [6, 6.07) is 0. The third-order valence-electron chi connectivity index (χ3n) is 2.97. The lowest BCUT2D eigenvalue weighted by atomic mass is 10.1. The van der Waals surface area contributed by atoms with E-state index < -0.39 is 0 Å². The van der Waals surface area contributed by atoms with E-state index in [1.807, 2.05) is 6.20 Å². The molecule has 2 fully saturated rings. The van der Waals surface area contributed by atoms with Gasteiger partial charge >= 0.3 is 0 Å². The Hall–Kier alpha value is -0.830. The van der Waals surface area contributed by atoms with Gasteiger partial charge in [0, 0.05) is 12.5 Å². The number of hydrogen-bond donors (Lipinski definition) is 0. The monoisotopic (exact) mass is 193 g/mol. The summed E-state index contributed by atoms with van der Waals surface area (Å²) in [6.07, 6.45) is 8.01. The van der Waals surface area contributed by atoms with Crippen molar-refractivity contribution in [3.8, 4) is 0 Å². The van der Waals surface area contributed by atoms with Gasteiger partial charge in [-0.25, -0.2) is 4.98 Å². The van der Waals surface area contributed by atoms with Crippen molar-refractivity contribution >= 4 is 0 Å². The molecule has 0 radical (unpaired) electrons. The normalized spacial score (nSPS) is 27.9. The van der Waals surface area contributed by atoms with E-state index >= 15 is 0 Å². The summed E-state index contributed by atoms with van der Waals surface area (Å²) in [7, 11) is 0. The molecule has 1 aliphatic heterocycles. The van der Waals surface area contributed by atoms with Gasteiger partial charge in [-0.05, 0) is 32.1 Å². The summed E-state index contributed by atoms with van der Waals surface area (Å²) >= 11 is 0. The van der Waals surface area contributed by atoms with Crippen LogP contribution in [0.15, 0.2) is 10.6 Å². The Kier molecular flexibility index (Phi) is 2.05. The van der Waals surface area contributed by atoms with Crippen molar-refractivity contribution in [3.63, 3.8) is 0 Å². The number of rotatable bonds is 2. The molecular weight excluding hydrogens is 178 g/mol. The molecule has 3 nitrogen and oxygen atoms in total. The molecule has 3 heteroatoms. The summed E-state index contributed by atoms with van der Waals surface area (Å²) in [5, 5.41) is 0. The van der Waals surface area contributed by atoms with Crippen LogP contribution in [0.4, 0.5) is 0 Å². The van der Waals surface area contributed by atoms with Crippen LogP contribution >= 0.6 is 0 Å². The molecule has 1 saturated heterocycles. The molecule has 3 rings (SSSR count). The van der Waals surface area contributed by atoms with Crippen molar-refractivity contribution in [2.45, 2.75) is 44.1 Å². The van der Waals surface area contributed by atoms with E-state index in [0.29, 0.717) is 5.92 Å². The van der Waals surface area contributed by atoms with Crippen molar-refractivity contribution in [1.29, 1.82) is 0 Å². The number of nitrogens with zero attached hydrogens (tertiary/aromatic N) is 1. The molecule has 0 amide bonds. The van der Waals surface area contributed by atoms with E-state index in [2.05, 4.69) is 4.98 Å². The quantitative estimate of drug-likeness (QED) is 0.724. The lowest BCUT2D eigenvalue weighted by molar-refractivity contribution is 0.00128. The zero-order chi connectivity index (χ0) is 9.38. The topological polar surface area (TPSA) is 35.3 Å². The van der Waals surface area contributed by atoms with E-state index in [1.54, 1.807) is 0 Å². The number of hydrogen-bond acceptors (Lipinski definition) is 3. The van der Waals surface area contributed by atoms with Crippen LogP contribution in [0.3, 0.4) is 0 Å². The minimum Gasteiger partial charge on any atom is -0.443 e. The largest absolute Gasteiger partial charge is 0.443 e. The summed E-state index contributed by atoms with van der Waals surface area (Å²) in [6.45, 7) is 0.865. The van der Waals surface area contributed by atoms with Gasteiger partial charge in [-0.1, -0.05) is 0 Å². The predicted molar refractivity (Wildman–Crippen MR) is 51.0 cm³/mol. The molecule has 0 bridgehead atoms. The third-order valence-corrected chi connectivity index (χ3v) is 2.97. The fourth-order valence-corrected chi connectivity index (χ4v) is 1.93. The average Bonchev–Trinajstić information content (AvgIpc) is 2.98. The first-order valence-corrected chi connectivity index (χ1v) is 5.51. The molecule has 0 spiro atoms. The Bertz CT molecular complexity index is 311. The fraction of sp³-hybridized carbons (Fsp3) is 0.727. The van der Waals surface area contributed by atoms with Crippen molar-refractivity contribution < 1.29 is 9.15 Å². The minimum atomic E-state index is 0.170. The number of aromatic nitrogens is 1. The molecule has 1 saturated carbocycles. The Morgan fingerprint density at radius 3 is 2.86 bits per heavy atom. The molecule has 0 N–H and O–H groups in total. The van der Waals surface area contributed by atoms with Gasteiger partial charge in [-0.15, -0.1) is 0 Å². The molecule has 14 heavy (non-hydrogen) atoms. The van der Waals surface area contributed by atoms with Crippen molar-refractivity contribution in [2.75, 3.05) is 6.61 Å². The Balaban J connectivity index is 1.74. The highest BCUT2D eigenvalue weighted by atomic mass is 16.5. The Labute approximate surface area is 83.5 Å². The third kappa shape index (κ3) is 1.57. The van der Waals surface area contributed by atoms with Gasteiger partial charge in [0.15, 0.2) is 11.7 Å². The highest BCUT2D eigenvalue weighted by Crippen LogP contribution is 2.40. The minimum absolute atomic E-state index is 0.170. The van der Waals surface area contributed by atoms with Gasteiger partial charge in [-0.3, -0.25) is 0 Å². The molecule has 1 unspecified atom stereocenters. The van der Waals surface area contributed by atoms with Gasteiger partial charge in [0.25, 0.3) is 0 Å². The fourth-order valence-electron chi connectivity index (χ4n) is 1.93. The Morgan fingerprint density at radius 2 is 2.14 bits per heavy atom. The predicted octanol–water partition coefficient (Wildman–Crippen LogP) is 2.79. The van der Waals surface area contributed by atoms with Crippen molar-refractivity contribution in [1.82, 2.24) is 4.98 Å². The second-order valence-electron chi connectivity index (χ2n) is 4.23. The van der Waals surface area contributed by atoms with Crippen LogP contribution in [0.1, 0.15) is 55.8 Å². The highest BCUT2D eigenvalue weighted by molar-refractivity contribution is 5.06. The molecule has 2 aliphatic rings. The van der Waals surface area contributed by atoms with Crippen LogP contribution in [0.5, 0.6) is 0 Å². The molecule has 1 aromatic heterocycles. The van der Waals surface area contributed by atoms with Crippen LogP contribution in [-0.2, 0) is 4.74 Å². The zero-order valence-electron chi connectivity index (χ0n) is 8.24. The lowest BCUT2D eigenvalue weighted by Crippen LogP contribution is -2.10. The van der Waals surface area contributed by atoms with Gasteiger partial charge in [0.05, 0.1) is 6.20 Å². The van der Waals surface area contributed by atoms with E-state index in [-0.39, 0.29) is 6.10 Å². The Morgan fingerprint density at radius 1 is 1.21 bits per heavy atom. The van der Waals surface area contributed by atoms with Gasteiger partial charge in [0.2, 0.25) is 0 Å². The molecular formula is C11H15NO2. The van der Waals surface area contributed by atoms with Crippen molar-refractivity contribution in [2.24, 2.45) is 0 Å². The van der Waals surface area contributed by atoms with Crippen molar-refractivity contribution in [3.05, 3.63) is 17.8 Å². The van der Waals surface area contributed by atoms with E-state index in [4.69, 9.17) is 9.15 Å². The van der Waals surface area contributed by atoms with Gasteiger partial charge in [-0.2, -0.15) is 0 Å². The number of oxazole rings is 1. The maximum Gasteiger partial charge on any atom is 0.197 e. The van der Waals surface area contributed by atoms with E-state index in [1.165, 1.54) is 25.7 Å². The summed E-state index contributed by atoms with van der Waals surface area (Å²) in [5.41, 5.74) is 0. The van der Waals surface area contributed by atoms with Gasteiger partial charge in [0.1, 0.15) is 6.10 Å². The second-order valence-corrected chi connectivity index (χ2v) is 4.23. The van der Waals surface area contributed by atoms with E-state index in [9.17, 15) is 0 Å². The standard InChI is InChI=1S/C11H15NO2/c1-2-6-13-9(3-1)10-7-12-11(14-10)8-4-5-8/h7-9H,1-6H2. The molecule has 1 aliphatic carbocycles. The maximum atomic E-state index is 5.71. The molecule has 1 atom stereocenters. The smallest absolute Gasteiger partial charge is 0.197 e. The summed E-state index contributed by atoms with van der Waals surface area (Å²) < 4.78 is 11.4. The molecule has 0 aromatic carbocycles. The molecule has 2 heterocycles. The van der Waals surface area contributed by atoms with Gasteiger partial charge < -0.3 is 9.15 Å². The number of ether oxygens (including phenoxy) is 1. The highest BCUT2D eigenvalue weighted by Gasteiger charge is 2.30. The lowest BCUT2D eigenvalue weighted by Gasteiger charge is -2.19. The van der Waals surface area contributed by atoms with Crippen LogP contribution in [0, 0.1) is 0 Å². The first kappa shape index (κ1) is 8.48. The van der Waals surface area contributed by atoms with Crippen LogP contribution in [-0.4, -0.2) is 11.6 Å².